The fraction of sp³-hybridized carbons (Fsp3) is 0.333. The zero-order chi connectivity index (χ0) is 19.2. The van der Waals surface area contributed by atoms with Gasteiger partial charge in [-0.1, -0.05) is 30.7 Å². The fourth-order valence-electron chi connectivity index (χ4n) is 3.16. The monoisotopic (exact) mass is 385 g/mol. The number of anilines is 1. The van der Waals surface area contributed by atoms with Crippen molar-refractivity contribution in [2.24, 2.45) is 0 Å². The van der Waals surface area contributed by atoms with Crippen LogP contribution in [0.2, 0.25) is 5.02 Å². The number of nitrogens with zero attached hydrogens (tertiary/aromatic N) is 2. The molecule has 0 spiro atoms. The van der Waals surface area contributed by atoms with Crippen molar-refractivity contribution in [3.05, 3.63) is 64.7 Å². The molecule has 3 rings (SSSR count). The Morgan fingerprint density at radius 2 is 1.74 bits per heavy atom. The summed E-state index contributed by atoms with van der Waals surface area (Å²) in [5.41, 5.74) is 2.67. The molecule has 0 unspecified atom stereocenters. The molecule has 142 valence electrons. The summed E-state index contributed by atoms with van der Waals surface area (Å²) in [6.45, 7) is 5.01. The van der Waals surface area contributed by atoms with Gasteiger partial charge >= 0.3 is 0 Å². The quantitative estimate of drug-likeness (QED) is 0.859. The number of amides is 2. The van der Waals surface area contributed by atoms with Gasteiger partial charge in [-0.15, -0.1) is 0 Å². The number of nitrogens with one attached hydrogen (secondary N) is 1. The molecule has 2 aromatic carbocycles. The number of carbonyl (C=O) groups is 2. The van der Waals surface area contributed by atoms with Crippen LogP contribution in [0.4, 0.5) is 5.69 Å². The van der Waals surface area contributed by atoms with Gasteiger partial charge in [-0.2, -0.15) is 0 Å². The van der Waals surface area contributed by atoms with E-state index in [2.05, 4.69) is 17.1 Å². The highest BCUT2D eigenvalue weighted by molar-refractivity contribution is 6.30. The van der Waals surface area contributed by atoms with Crippen LogP contribution in [0.5, 0.6) is 0 Å². The lowest BCUT2D eigenvalue weighted by Gasteiger charge is -2.34. The first-order valence-electron chi connectivity index (χ1n) is 9.21. The summed E-state index contributed by atoms with van der Waals surface area (Å²) >= 11 is 5.88. The molecular weight excluding hydrogens is 362 g/mol. The van der Waals surface area contributed by atoms with Crippen LogP contribution < -0.4 is 5.32 Å². The zero-order valence-corrected chi connectivity index (χ0v) is 16.2. The maximum absolute atomic E-state index is 12.5. The maximum Gasteiger partial charge on any atom is 0.253 e. The van der Waals surface area contributed by atoms with Crippen molar-refractivity contribution < 1.29 is 9.59 Å². The molecule has 0 saturated carbocycles. The van der Waals surface area contributed by atoms with E-state index >= 15 is 0 Å². The predicted octanol–water partition coefficient (Wildman–Crippen LogP) is 3.30. The second-order valence-electron chi connectivity index (χ2n) is 6.68. The van der Waals surface area contributed by atoms with E-state index in [0.717, 1.165) is 12.1 Å². The fourth-order valence-corrected chi connectivity index (χ4v) is 3.28. The molecule has 1 aliphatic rings. The summed E-state index contributed by atoms with van der Waals surface area (Å²) in [4.78, 5) is 28.7. The summed E-state index contributed by atoms with van der Waals surface area (Å²) in [6, 6.07) is 14.8. The van der Waals surface area contributed by atoms with Crippen LogP contribution in [0.1, 0.15) is 22.8 Å². The van der Waals surface area contributed by atoms with E-state index in [1.54, 1.807) is 24.3 Å². The highest BCUT2D eigenvalue weighted by Crippen LogP contribution is 2.14. The first kappa shape index (κ1) is 19.4. The molecule has 1 heterocycles. The van der Waals surface area contributed by atoms with Crippen LogP contribution in [-0.2, 0) is 11.2 Å². The first-order valence-corrected chi connectivity index (χ1v) is 9.59. The van der Waals surface area contributed by atoms with E-state index in [4.69, 9.17) is 11.6 Å². The van der Waals surface area contributed by atoms with Crippen LogP contribution in [0.3, 0.4) is 0 Å². The second-order valence-corrected chi connectivity index (χ2v) is 7.11. The third-order valence-electron chi connectivity index (χ3n) is 4.74. The topological polar surface area (TPSA) is 52.7 Å². The number of hydrogen-bond acceptors (Lipinski definition) is 3. The van der Waals surface area contributed by atoms with Crippen LogP contribution in [0.25, 0.3) is 0 Å². The number of carbonyl (C=O) groups excluding carboxylic acids is 2. The van der Waals surface area contributed by atoms with Gasteiger partial charge in [0, 0.05) is 42.5 Å². The molecule has 27 heavy (non-hydrogen) atoms. The molecule has 1 saturated heterocycles. The van der Waals surface area contributed by atoms with Gasteiger partial charge in [0.05, 0.1) is 6.54 Å². The predicted molar refractivity (Wildman–Crippen MR) is 108 cm³/mol. The molecule has 1 N–H and O–H groups in total. The minimum Gasteiger partial charge on any atom is -0.336 e. The summed E-state index contributed by atoms with van der Waals surface area (Å²) in [7, 11) is 0. The van der Waals surface area contributed by atoms with Gasteiger partial charge in [-0.3, -0.25) is 14.5 Å². The van der Waals surface area contributed by atoms with Crippen LogP contribution in [0.15, 0.2) is 48.5 Å². The number of benzene rings is 2. The maximum atomic E-state index is 12.5. The minimum atomic E-state index is -0.0271. The Bertz CT molecular complexity index is 799. The molecule has 5 nitrogen and oxygen atoms in total. The van der Waals surface area contributed by atoms with Crippen molar-refractivity contribution in [1.29, 1.82) is 0 Å². The van der Waals surface area contributed by atoms with Gasteiger partial charge < -0.3 is 10.2 Å². The number of aryl methyl sites for hydroxylation is 1. The van der Waals surface area contributed by atoms with E-state index in [1.807, 2.05) is 29.2 Å². The van der Waals surface area contributed by atoms with Crippen molar-refractivity contribution in [2.75, 3.05) is 38.0 Å². The van der Waals surface area contributed by atoms with E-state index in [9.17, 15) is 9.59 Å². The lowest BCUT2D eigenvalue weighted by Crippen LogP contribution is -2.50. The van der Waals surface area contributed by atoms with E-state index in [0.29, 0.717) is 43.3 Å². The van der Waals surface area contributed by atoms with Gasteiger partial charge in [0.2, 0.25) is 5.91 Å². The molecular formula is C21H24ClN3O2. The lowest BCUT2D eigenvalue weighted by atomic mass is 10.1. The Balaban J connectivity index is 1.48. The average Bonchev–Trinajstić information content (AvgIpc) is 2.68. The van der Waals surface area contributed by atoms with E-state index < -0.39 is 0 Å². The smallest absolute Gasteiger partial charge is 0.253 e. The molecule has 1 aliphatic heterocycles. The molecule has 2 aromatic rings. The third-order valence-corrected chi connectivity index (χ3v) is 4.99. The standard InChI is InChI=1S/C21H24ClN3O2/c1-2-16-4-3-5-19(14-16)23-20(26)15-24-10-12-25(13-11-24)21(27)17-6-8-18(22)9-7-17/h3-9,14H,2,10-13,15H2,1H3,(H,23,26). The molecule has 0 aliphatic carbocycles. The summed E-state index contributed by atoms with van der Waals surface area (Å²) in [5, 5.41) is 3.57. The molecule has 0 atom stereocenters. The number of halogens is 1. The molecule has 1 fully saturated rings. The van der Waals surface area contributed by atoms with Crippen LogP contribution in [-0.4, -0.2) is 54.3 Å². The Kier molecular flexibility index (Phi) is 6.48. The molecule has 2 amide bonds. The second kappa shape index (κ2) is 9.02. The van der Waals surface area contributed by atoms with Gasteiger partial charge in [-0.05, 0) is 48.4 Å². The van der Waals surface area contributed by atoms with Crippen molar-refractivity contribution in [1.82, 2.24) is 9.80 Å². The summed E-state index contributed by atoms with van der Waals surface area (Å²) in [5.74, 6) is -0.0205. The number of rotatable bonds is 5. The van der Waals surface area contributed by atoms with Crippen molar-refractivity contribution in [3.63, 3.8) is 0 Å². The molecule has 0 radical (unpaired) electrons. The Labute approximate surface area is 164 Å². The first-order chi connectivity index (χ1) is 13.0. The van der Waals surface area contributed by atoms with Crippen LogP contribution >= 0.6 is 11.6 Å². The minimum absolute atomic E-state index is 0.00662. The third kappa shape index (κ3) is 5.31. The van der Waals surface area contributed by atoms with Crippen LogP contribution in [0, 0.1) is 0 Å². The zero-order valence-electron chi connectivity index (χ0n) is 15.5. The average molecular weight is 386 g/mol. The Morgan fingerprint density at radius 1 is 1.04 bits per heavy atom. The molecule has 6 heteroatoms. The highest BCUT2D eigenvalue weighted by atomic mass is 35.5. The van der Waals surface area contributed by atoms with Crippen molar-refractivity contribution in [2.45, 2.75) is 13.3 Å². The van der Waals surface area contributed by atoms with Crippen molar-refractivity contribution in [3.8, 4) is 0 Å². The van der Waals surface area contributed by atoms with Gasteiger partial charge in [0.25, 0.3) is 5.91 Å². The molecule has 0 bridgehead atoms. The summed E-state index contributed by atoms with van der Waals surface area (Å²) in [6.07, 6.45) is 0.938. The lowest BCUT2D eigenvalue weighted by molar-refractivity contribution is -0.117. The largest absolute Gasteiger partial charge is 0.336 e. The number of hydrogen-bond donors (Lipinski definition) is 1. The SMILES string of the molecule is CCc1cccc(NC(=O)CN2CCN(C(=O)c3ccc(Cl)cc3)CC2)c1. The van der Waals surface area contributed by atoms with Gasteiger partial charge in [0.15, 0.2) is 0 Å². The van der Waals surface area contributed by atoms with Gasteiger partial charge in [0.1, 0.15) is 0 Å². The Hall–Kier alpha value is -2.37. The van der Waals surface area contributed by atoms with E-state index in [1.165, 1.54) is 5.56 Å². The number of piperazine rings is 1. The Morgan fingerprint density at radius 3 is 2.41 bits per heavy atom. The van der Waals surface area contributed by atoms with E-state index in [-0.39, 0.29) is 11.8 Å². The summed E-state index contributed by atoms with van der Waals surface area (Å²) < 4.78 is 0. The molecule has 0 aromatic heterocycles. The van der Waals surface area contributed by atoms with Crippen molar-refractivity contribution >= 4 is 29.1 Å². The highest BCUT2D eigenvalue weighted by Gasteiger charge is 2.23. The normalized spacial score (nSPS) is 14.8. The van der Waals surface area contributed by atoms with Gasteiger partial charge in [-0.25, -0.2) is 0 Å².